The minimum absolute atomic E-state index is 0.170. The van der Waals surface area contributed by atoms with E-state index >= 15 is 4.39 Å². The Morgan fingerprint density at radius 2 is 1.25 bits per heavy atom. The summed E-state index contributed by atoms with van der Waals surface area (Å²) in [5, 5.41) is 37.4. The van der Waals surface area contributed by atoms with Gasteiger partial charge < -0.3 is 19.7 Å². The standard InChI is InChI=1S/C34H18ClFN6O6/c35-24-15-22(7-6-20-2-1-3-26(16-20)48-32-30(34(45)46)38-42-40-32)14-23(18-24)27-17-21(10-13-28(27)36)5-4-19-8-11-25(12-9-19)47-31-29(33(43)44)37-41-39-31/h1-3,8-18H,(H,43,44)(H,45,46)(H,37,39,41)(H,38,40,42). The number of hydrogen-bond donors (Lipinski definition) is 4. The number of nitrogens with zero attached hydrogens (tertiary/aromatic N) is 4. The Kier molecular flexibility index (Phi) is 8.78. The molecule has 0 bridgehead atoms. The minimum atomic E-state index is -1.27. The highest BCUT2D eigenvalue weighted by Crippen LogP contribution is 2.29. The molecule has 6 rings (SSSR count). The molecule has 0 radical (unpaired) electrons. The Morgan fingerprint density at radius 3 is 1.92 bits per heavy atom. The Bertz CT molecular complexity index is 2310. The fraction of sp³-hybridized carbons (Fsp3) is 0. The number of rotatable bonds is 7. The number of benzene rings is 4. The summed E-state index contributed by atoms with van der Waals surface area (Å²) < 4.78 is 26.1. The number of hydrogen-bond acceptors (Lipinski definition) is 8. The Balaban J connectivity index is 1.19. The van der Waals surface area contributed by atoms with E-state index in [2.05, 4.69) is 54.5 Å². The molecule has 12 nitrogen and oxygen atoms in total. The van der Waals surface area contributed by atoms with Gasteiger partial charge in [0.15, 0.2) is 0 Å². The number of ether oxygens (including phenoxy) is 2. The lowest BCUT2D eigenvalue weighted by Gasteiger charge is -2.06. The van der Waals surface area contributed by atoms with Crippen molar-refractivity contribution in [2.24, 2.45) is 0 Å². The monoisotopic (exact) mass is 660 g/mol. The van der Waals surface area contributed by atoms with Gasteiger partial charge in [0.25, 0.3) is 11.8 Å². The van der Waals surface area contributed by atoms with Crippen molar-refractivity contribution >= 4 is 23.5 Å². The molecule has 234 valence electrons. The fourth-order valence-corrected chi connectivity index (χ4v) is 4.49. The van der Waals surface area contributed by atoms with Crippen LogP contribution < -0.4 is 9.47 Å². The molecule has 0 fully saturated rings. The van der Waals surface area contributed by atoms with E-state index in [4.69, 9.17) is 26.2 Å². The Morgan fingerprint density at radius 1 is 0.667 bits per heavy atom. The van der Waals surface area contributed by atoms with Gasteiger partial charge in [-0.05, 0) is 84.4 Å². The van der Waals surface area contributed by atoms with E-state index < -0.39 is 17.8 Å². The van der Waals surface area contributed by atoms with Crippen LogP contribution in [0.3, 0.4) is 0 Å². The summed E-state index contributed by atoms with van der Waals surface area (Å²) in [5.41, 5.74) is 2.45. The predicted octanol–water partition coefficient (Wildman–Crippen LogP) is 6.16. The largest absolute Gasteiger partial charge is 0.476 e. The molecule has 0 atom stereocenters. The highest BCUT2D eigenvalue weighted by Gasteiger charge is 2.17. The molecule has 4 aromatic carbocycles. The highest BCUT2D eigenvalue weighted by atomic mass is 35.5. The molecular weight excluding hydrogens is 643 g/mol. The lowest BCUT2D eigenvalue weighted by atomic mass is 10.00. The van der Waals surface area contributed by atoms with Gasteiger partial charge in [0, 0.05) is 32.8 Å². The van der Waals surface area contributed by atoms with Crippen LogP contribution in [-0.2, 0) is 0 Å². The minimum Gasteiger partial charge on any atom is -0.476 e. The smallest absolute Gasteiger partial charge is 0.359 e. The molecule has 2 heterocycles. The first-order valence-corrected chi connectivity index (χ1v) is 14.1. The predicted molar refractivity (Wildman–Crippen MR) is 169 cm³/mol. The first kappa shape index (κ1) is 31.0. The molecule has 0 unspecified atom stereocenters. The second-order valence-corrected chi connectivity index (χ2v) is 10.2. The molecule has 0 spiro atoms. The van der Waals surface area contributed by atoms with Crippen molar-refractivity contribution in [1.82, 2.24) is 30.8 Å². The van der Waals surface area contributed by atoms with Gasteiger partial charge in [-0.15, -0.1) is 0 Å². The third kappa shape index (κ3) is 7.29. The lowest BCUT2D eigenvalue weighted by Crippen LogP contribution is -1.99. The number of carboxylic acid groups (broad SMARTS) is 2. The summed E-state index contributed by atoms with van der Waals surface area (Å²) in [6.45, 7) is 0. The van der Waals surface area contributed by atoms with Crippen LogP contribution >= 0.6 is 11.6 Å². The molecule has 0 aliphatic heterocycles. The van der Waals surface area contributed by atoms with Gasteiger partial charge in [0.1, 0.15) is 17.3 Å². The number of halogens is 2. The van der Waals surface area contributed by atoms with Crippen molar-refractivity contribution in [3.05, 3.63) is 129 Å². The van der Waals surface area contributed by atoms with Gasteiger partial charge in [-0.1, -0.05) is 62.0 Å². The summed E-state index contributed by atoms with van der Waals surface area (Å²) in [6.07, 6.45) is 0. The van der Waals surface area contributed by atoms with Gasteiger partial charge in [0.05, 0.1) is 0 Å². The van der Waals surface area contributed by atoms with Crippen LogP contribution in [0, 0.1) is 29.5 Å². The van der Waals surface area contributed by atoms with E-state index in [1.807, 2.05) is 0 Å². The number of carbonyl (C=O) groups is 2. The average Bonchev–Trinajstić information content (AvgIpc) is 3.74. The normalized spacial score (nSPS) is 10.3. The summed E-state index contributed by atoms with van der Waals surface area (Å²) in [5.74, 6) is 9.33. The number of aromatic amines is 2. The van der Waals surface area contributed by atoms with Gasteiger partial charge >= 0.3 is 11.9 Å². The maximum atomic E-state index is 15.0. The van der Waals surface area contributed by atoms with Gasteiger partial charge in [-0.2, -0.15) is 0 Å². The number of nitrogens with one attached hydrogen (secondary N) is 2. The molecule has 0 saturated carbocycles. The Labute approximate surface area is 275 Å². The third-order valence-corrected chi connectivity index (χ3v) is 6.67. The molecule has 4 N–H and O–H groups in total. The van der Waals surface area contributed by atoms with Crippen LogP contribution in [0.4, 0.5) is 4.39 Å². The van der Waals surface area contributed by atoms with Gasteiger partial charge in [0.2, 0.25) is 11.4 Å². The van der Waals surface area contributed by atoms with Crippen LogP contribution in [-0.4, -0.2) is 53.0 Å². The van der Waals surface area contributed by atoms with Crippen LogP contribution in [0.15, 0.2) is 84.9 Å². The van der Waals surface area contributed by atoms with Crippen LogP contribution in [0.25, 0.3) is 11.1 Å². The number of aromatic carboxylic acids is 2. The molecule has 2 aromatic heterocycles. The van der Waals surface area contributed by atoms with Crippen molar-refractivity contribution in [3.63, 3.8) is 0 Å². The van der Waals surface area contributed by atoms with Crippen molar-refractivity contribution in [2.45, 2.75) is 0 Å². The summed E-state index contributed by atoms with van der Waals surface area (Å²) in [7, 11) is 0. The Hall–Kier alpha value is -6.96. The lowest BCUT2D eigenvalue weighted by molar-refractivity contribution is 0.0676. The van der Waals surface area contributed by atoms with Crippen LogP contribution in [0.5, 0.6) is 23.3 Å². The van der Waals surface area contributed by atoms with Crippen molar-refractivity contribution in [3.8, 4) is 58.1 Å². The van der Waals surface area contributed by atoms with Gasteiger partial charge in [-0.3, -0.25) is 0 Å². The zero-order valence-electron chi connectivity index (χ0n) is 24.2. The molecular formula is C34H18ClFN6O6. The van der Waals surface area contributed by atoms with Crippen LogP contribution in [0.1, 0.15) is 43.2 Å². The highest BCUT2D eigenvalue weighted by molar-refractivity contribution is 6.31. The van der Waals surface area contributed by atoms with Crippen molar-refractivity contribution < 1.29 is 33.7 Å². The molecule has 14 heteroatoms. The van der Waals surface area contributed by atoms with E-state index in [1.165, 1.54) is 6.07 Å². The maximum absolute atomic E-state index is 15.0. The molecule has 0 aliphatic rings. The maximum Gasteiger partial charge on any atom is 0.359 e. The molecule has 0 amide bonds. The van der Waals surface area contributed by atoms with E-state index in [0.717, 1.165) is 0 Å². The quantitative estimate of drug-likeness (QED) is 0.145. The molecule has 0 saturated heterocycles. The molecule has 6 aromatic rings. The SMILES string of the molecule is O=C(O)c1[nH]nnc1Oc1ccc(C#Cc2ccc(F)c(-c3cc(Cl)cc(C#Cc4cccc(Oc5nn[nH]c5C(=O)O)c4)c3)c2)cc1. The average molecular weight is 661 g/mol. The summed E-state index contributed by atoms with van der Waals surface area (Å²) >= 11 is 6.39. The van der Waals surface area contributed by atoms with Gasteiger partial charge in [-0.25, -0.2) is 24.2 Å². The van der Waals surface area contributed by atoms with E-state index in [-0.39, 0.29) is 28.7 Å². The third-order valence-electron chi connectivity index (χ3n) is 6.46. The second kappa shape index (κ2) is 13.6. The van der Waals surface area contributed by atoms with Crippen molar-refractivity contribution in [1.29, 1.82) is 0 Å². The number of H-pyrrole nitrogens is 2. The summed E-state index contributed by atoms with van der Waals surface area (Å²) in [4.78, 5) is 22.5. The topological polar surface area (TPSA) is 176 Å². The molecule has 48 heavy (non-hydrogen) atoms. The van der Waals surface area contributed by atoms with E-state index in [1.54, 1.807) is 78.9 Å². The zero-order chi connectivity index (χ0) is 33.6. The van der Waals surface area contributed by atoms with Crippen molar-refractivity contribution in [2.75, 3.05) is 0 Å². The molecule has 0 aliphatic carbocycles. The first-order chi connectivity index (χ1) is 23.2. The van der Waals surface area contributed by atoms with E-state index in [0.29, 0.717) is 44.3 Å². The summed E-state index contributed by atoms with van der Waals surface area (Å²) in [6, 6.07) is 22.7. The number of carboxylic acids is 2. The second-order valence-electron chi connectivity index (χ2n) is 9.77. The fourth-order valence-electron chi connectivity index (χ4n) is 4.26. The first-order valence-electron chi connectivity index (χ1n) is 13.7. The van der Waals surface area contributed by atoms with E-state index in [9.17, 15) is 14.7 Å². The number of aromatic nitrogens is 6. The zero-order valence-corrected chi connectivity index (χ0v) is 24.9. The van der Waals surface area contributed by atoms with Crippen LogP contribution in [0.2, 0.25) is 5.02 Å².